The second-order valence-corrected chi connectivity index (χ2v) is 7.82. The first-order valence-electron chi connectivity index (χ1n) is 7.07. The molecule has 0 aliphatic heterocycles. The second kappa shape index (κ2) is 6.48. The highest BCUT2D eigenvalue weighted by Crippen LogP contribution is 2.23. The summed E-state index contributed by atoms with van der Waals surface area (Å²) >= 11 is 0. The fraction of sp³-hybridized carbons (Fsp3) is 0.467. The number of aryl methyl sites for hydroxylation is 1. The summed E-state index contributed by atoms with van der Waals surface area (Å²) in [6.07, 6.45) is 1.15. The van der Waals surface area contributed by atoms with Crippen molar-refractivity contribution < 1.29 is 12.9 Å². The molecule has 2 aromatic rings. The summed E-state index contributed by atoms with van der Waals surface area (Å²) in [4.78, 5) is 6.32. The van der Waals surface area contributed by atoms with Crippen molar-refractivity contribution >= 4 is 15.5 Å². The lowest BCUT2D eigenvalue weighted by molar-refractivity contribution is 0.369. The molecule has 0 aliphatic carbocycles. The average molecular weight is 323 g/mol. The quantitative estimate of drug-likeness (QED) is 0.812. The van der Waals surface area contributed by atoms with E-state index in [1.54, 1.807) is 0 Å². The fourth-order valence-electron chi connectivity index (χ4n) is 2.22. The normalized spacial score (nSPS) is 11.9. The predicted molar refractivity (Wildman–Crippen MR) is 85.3 cm³/mol. The van der Waals surface area contributed by atoms with Crippen molar-refractivity contribution in [3.05, 3.63) is 41.5 Å². The van der Waals surface area contributed by atoms with Crippen molar-refractivity contribution in [2.75, 3.05) is 11.2 Å². The van der Waals surface area contributed by atoms with Gasteiger partial charge in [0.15, 0.2) is 15.7 Å². The van der Waals surface area contributed by atoms with Gasteiger partial charge in [0, 0.05) is 18.0 Å². The molecule has 1 heterocycles. The number of hydrogen-bond donors (Lipinski definition) is 0. The predicted octanol–water partition coefficient (Wildman–Crippen LogP) is 2.34. The smallest absolute Gasteiger partial charge is 0.246 e. The van der Waals surface area contributed by atoms with Crippen LogP contribution in [0.3, 0.4) is 0 Å². The highest BCUT2D eigenvalue weighted by atomic mass is 32.2. The van der Waals surface area contributed by atoms with E-state index in [1.165, 1.54) is 0 Å². The molecule has 7 heteroatoms. The van der Waals surface area contributed by atoms with E-state index in [9.17, 15) is 8.42 Å². The van der Waals surface area contributed by atoms with Crippen molar-refractivity contribution in [1.29, 1.82) is 0 Å². The minimum absolute atomic E-state index is 0.200. The molecule has 1 aromatic carbocycles. The Balaban J connectivity index is 2.21. The minimum Gasteiger partial charge on any atom is -0.360 e. The summed E-state index contributed by atoms with van der Waals surface area (Å²) < 4.78 is 27.7. The van der Waals surface area contributed by atoms with E-state index in [1.807, 2.05) is 31.2 Å². The van der Waals surface area contributed by atoms with Gasteiger partial charge in [0.1, 0.15) is 5.75 Å². The second-order valence-electron chi connectivity index (χ2n) is 5.68. The number of aromatic nitrogens is 2. The van der Waals surface area contributed by atoms with Crippen LogP contribution in [0.25, 0.3) is 0 Å². The van der Waals surface area contributed by atoms with Gasteiger partial charge in [-0.15, -0.1) is 0 Å². The van der Waals surface area contributed by atoms with E-state index in [-0.39, 0.29) is 17.6 Å². The Morgan fingerprint density at radius 1 is 1.27 bits per heavy atom. The third kappa shape index (κ3) is 4.30. The van der Waals surface area contributed by atoms with Gasteiger partial charge >= 0.3 is 0 Å². The van der Waals surface area contributed by atoms with E-state index < -0.39 is 9.84 Å². The standard InChI is InChI=1S/C15H21N3O3S/c1-11(2)18(13-8-6-5-7-12(13)3)9-15-16-14(17-21-15)10-22(4,19)20/h5-8,11H,9-10H2,1-4H3. The Bertz CT molecular complexity index is 738. The first kappa shape index (κ1) is 16.5. The summed E-state index contributed by atoms with van der Waals surface area (Å²) in [5.74, 6) is 0.407. The summed E-state index contributed by atoms with van der Waals surface area (Å²) in [5.41, 5.74) is 2.26. The van der Waals surface area contributed by atoms with Gasteiger partial charge in [-0.3, -0.25) is 0 Å². The van der Waals surface area contributed by atoms with Gasteiger partial charge in [-0.25, -0.2) is 8.42 Å². The topological polar surface area (TPSA) is 76.3 Å². The molecule has 0 unspecified atom stereocenters. The number of anilines is 1. The van der Waals surface area contributed by atoms with Crippen molar-refractivity contribution in [2.45, 2.75) is 39.1 Å². The fourth-order valence-corrected chi connectivity index (χ4v) is 2.81. The van der Waals surface area contributed by atoms with Gasteiger partial charge in [0.2, 0.25) is 5.89 Å². The van der Waals surface area contributed by atoms with Gasteiger partial charge in [-0.05, 0) is 32.4 Å². The molecule has 0 radical (unpaired) electrons. The van der Waals surface area contributed by atoms with Gasteiger partial charge in [0.25, 0.3) is 0 Å². The van der Waals surface area contributed by atoms with E-state index >= 15 is 0 Å². The lowest BCUT2D eigenvalue weighted by Gasteiger charge is -2.28. The van der Waals surface area contributed by atoms with E-state index in [4.69, 9.17) is 4.52 Å². The Kier molecular flexibility index (Phi) is 4.85. The molecule has 0 atom stereocenters. The molecule has 0 spiro atoms. The molecule has 0 amide bonds. The molecule has 0 bridgehead atoms. The molecule has 120 valence electrons. The third-order valence-electron chi connectivity index (χ3n) is 3.26. The van der Waals surface area contributed by atoms with E-state index in [0.717, 1.165) is 17.5 Å². The van der Waals surface area contributed by atoms with Crippen LogP contribution >= 0.6 is 0 Å². The van der Waals surface area contributed by atoms with Crippen molar-refractivity contribution in [2.24, 2.45) is 0 Å². The Morgan fingerprint density at radius 2 is 1.95 bits per heavy atom. The molecular formula is C15H21N3O3S. The van der Waals surface area contributed by atoms with Gasteiger partial charge < -0.3 is 9.42 Å². The number of hydrogen-bond acceptors (Lipinski definition) is 6. The molecule has 0 saturated heterocycles. The summed E-state index contributed by atoms with van der Waals surface area (Å²) in [6, 6.07) is 8.32. The molecule has 2 rings (SSSR count). The lowest BCUT2D eigenvalue weighted by atomic mass is 10.1. The Hall–Kier alpha value is -1.89. The van der Waals surface area contributed by atoms with Crippen molar-refractivity contribution in [3.63, 3.8) is 0 Å². The molecule has 6 nitrogen and oxygen atoms in total. The maximum absolute atomic E-state index is 11.3. The average Bonchev–Trinajstić information content (AvgIpc) is 2.82. The number of benzene rings is 1. The van der Waals surface area contributed by atoms with Crippen LogP contribution in [0.5, 0.6) is 0 Å². The zero-order valence-corrected chi connectivity index (χ0v) is 14.1. The van der Waals surface area contributed by atoms with Crippen LogP contribution in [0.15, 0.2) is 28.8 Å². The lowest BCUT2D eigenvalue weighted by Crippen LogP contribution is -2.30. The number of rotatable bonds is 6. The SMILES string of the molecule is Cc1ccccc1N(Cc1nc(CS(C)(=O)=O)no1)C(C)C. The van der Waals surface area contributed by atoms with E-state index in [0.29, 0.717) is 12.4 Å². The number of sulfone groups is 1. The van der Waals surface area contributed by atoms with Gasteiger partial charge in [-0.2, -0.15) is 4.98 Å². The summed E-state index contributed by atoms with van der Waals surface area (Å²) in [6.45, 7) is 6.66. The van der Waals surface area contributed by atoms with Crippen LogP contribution in [0.4, 0.5) is 5.69 Å². The van der Waals surface area contributed by atoms with Crippen LogP contribution in [0.2, 0.25) is 0 Å². The third-order valence-corrected chi connectivity index (χ3v) is 4.04. The van der Waals surface area contributed by atoms with Crippen LogP contribution in [-0.4, -0.2) is 30.9 Å². The number of nitrogens with zero attached hydrogens (tertiary/aromatic N) is 3. The van der Waals surface area contributed by atoms with Crippen LogP contribution in [-0.2, 0) is 22.1 Å². The minimum atomic E-state index is -3.17. The molecular weight excluding hydrogens is 302 g/mol. The van der Waals surface area contributed by atoms with Crippen LogP contribution in [0.1, 0.15) is 31.1 Å². The van der Waals surface area contributed by atoms with E-state index in [2.05, 4.69) is 28.9 Å². The zero-order valence-electron chi connectivity index (χ0n) is 13.3. The highest BCUT2D eigenvalue weighted by molar-refractivity contribution is 7.89. The number of para-hydroxylation sites is 1. The Labute approximate surface area is 131 Å². The first-order valence-corrected chi connectivity index (χ1v) is 9.14. The maximum Gasteiger partial charge on any atom is 0.246 e. The van der Waals surface area contributed by atoms with Gasteiger partial charge in [0.05, 0.1) is 6.54 Å². The van der Waals surface area contributed by atoms with Crippen molar-refractivity contribution in [3.8, 4) is 0 Å². The first-order chi connectivity index (χ1) is 10.3. The largest absolute Gasteiger partial charge is 0.360 e. The van der Waals surface area contributed by atoms with Crippen LogP contribution in [0, 0.1) is 6.92 Å². The molecule has 0 N–H and O–H groups in total. The molecule has 0 saturated carbocycles. The molecule has 22 heavy (non-hydrogen) atoms. The molecule has 1 aromatic heterocycles. The van der Waals surface area contributed by atoms with Crippen LogP contribution < -0.4 is 4.90 Å². The summed E-state index contributed by atoms with van der Waals surface area (Å²) in [5, 5.41) is 3.74. The molecule has 0 aliphatic rings. The van der Waals surface area contributed by atoms with Crippen molar-refractivity contribution in [1.82, 2.24) is 10.1 Å². The molecule has 0 fully saturated rings. The zero-order chi connectivity index (χ0) is 16.3. The monoisotopic (exact) mass is 323 g/mol. The Morgan fingerprint density at radius 3 is 2.55 bits per heavy atom. The summed E-state index contributed by atoms with van der Waals surface area (Å²) in [7, 11) is -3.17. The highest BCUT2D eigenvalue weighted by Gasteiger charge is 2.18. The van der Waals surface area contributed by atoms with Gasteiger partial charge in [-0.1, -0.05) is 23.4 Å². The maximum atomic E-state index is 11.3.